The van der Waals surface area contributed by atoms with Gasteiger partial charge in [-0.3, -0.25) is 0 Å². The van der Waals surface area contributed by atoms with Crippen molar-refractivity contribution < 1.29 is 19.4 Å². The van der Waals surface area contributed by atoms with Gasteiger partial charge in [0.05, 0.1) is 17.8 Å². The summed E-state index contributed by atoms with van der Waals surface area (Å²) in [6.45, 7) is 2.68. The van der Waals surface area contributed by atoms with Crippen LogP contribution in [0.4, 0.5) is 0 Å². The van der Waals surface area contributed by atoms with Crippen molar-refractivity contribution in [2.75, 3.05) is 6.61 Å². The van der Waals surface area contributed by atoms with Crippen LogP contribution in [-0.4, -0.2) is 29.4 Å². The van der Waals surface area contributed by atoms with Crippen LogP contribution in [0, 0.1) is 6.92 Å². The first-order valence-electron chi connectivity index (χ1n) is 7.23. The van der Waals surface area contributed by atoms with Crippen LogP contribution in [0.15, 0.2) is 18.2 Å². The smallest absolute Gasteiger partial charge is 0.335 e. The lowest BCUT2D eigenvalue weighted by Crippen LogP contribution is -2.48. The molecule has 1 spiro atoms. The number of rotatable bonds is 3. The molecule has 2 aliphatic rings. The number of aryl methyl sites for hydroxylation is 1. The third-order valence-electron chi connectivity index (χ3n) is 4.44. The molecule has 0 amide bonds. The molecule has 1 atom stereocenters. The van der Waals surface area contributed by atoms with Crippen LogP contribution in [0.25, 0.3) is 0 Å². The van der Waals surface area contributed by atoms with E-state index in [2.05, 4.69) is 0 Å². The molecule has 1 saturated carbocycles. The zero-order valence-electron chi connectivity index (χ0n) is 11.7. The molecular weight excluding hydrogens is 256 g/mol. The Morgan fingerprint density at radius 2 is 2.25 bits per heavy atom. The summed E-state index contributed by atoms with van der Waals surface area (Å²) >= 11 is 0. The standard InChI is InChI=1S/C16H20O4/c1-11-3-4-12(15(17)18)9-14(11)20-13-5-8-19-16(10-13)6-2-7-16/h3-4,9,13H,2,5-8,10H2,1H3,(H,17,18). The van der Waals surface area contributed by atoms with E-state index < -0.39 is 5.97 Å². The molecular formula is C16H20O4. The van der Waals surface area contributed by atoms with Gasteiger partial charge in [0, 0.05) is 12.8 Å². The highest BCUT2D eigenvalue weighted by molar-refractivity contribution is 5.88. The van der Waals surface area contributed by atoms with Gasteiger partial charge in [-0.05, 0) is 43.9 Å². The topological polar surface area (TPSA) is 55.8 Å². The van der Waals surface area contributed by atoms with Crippen molar-refractivity contribution in [1.82, 2.24) is 0 Å². The predicted molar refractivity (Wildman–Crippen MR) is 74.3 cm³/mol. The van der Waals surface area contributed by atoms with E-state index in [-0.39, 0.29) is 17.3 Å². The van der Waals surface area contributed by atoms with Crippen molar-refractivity contribution in [3.8, 4) is 5.75 Å². The second kappa shape index (κ2) is 5.09. The van der Waals surface area contributed by atoms with Crippen molar-refractivity contribution in [2.45, 2.75) is 50.7 Å². The van der Waals surface area contributed by atoms with E-state index in [4.69, 9.17) is 14.6 Å². The lowest BCUT2D eigenvalue weighted by molar-refractivity contribution is -0.153. The Morgan fingerprint density at radius 1 is 1.45 bits per heavy atom. The molecule has 0 aromatic heterocycles. The summed E-state index contributed by atoms with van der Waals surface area (Å²) < 4.78 is 12.0. The van der Waals surface area contributed by atoms with Gasteiger partial charge < -0.3 is 14.6 Å². The van der Waals surface area contributed by atoms with Gasteiger partial charge in [-0.15, -0.1) is 0 Å². The molecule has 20 heavy (non-hydrogen) atoms. The van der Waals surface area contributed by atoms with Crippen LogP contribution in [-0.2, 0) is 4.74 Å². The third kappa shape index (κ3) is 2.52. The number of hydrogen-bond donors (Lipinski definition) is 1. The van der Waals surface area contributed by atoms with E-state index in [1.54, 1.807) is 18.2 Å². The van der Waals surface area contributed by atoms with Gasteiger partial charge >= 0.3 is 5.97 Å². The fourth-order valence-corrected chi connectivity index (χ4v) is 3.04. The molecule has 1 heterocycles. The Kier molecular flexibility index (Phi) is 3.42. The lowest BCUT2D eigenvalue weighted by atomic mass is 9.74. The van der Waals surface area contributed by atoms with Crippen LogP contribution in [0.5, 0.6) is 5.75 Å². The van der Waals surface area contributed by atoms with E-state index in [9.17, 15) is 4.79 Å². The molecule has 4 heteroatoms. The zero-order valence-corrected chi connectivity index (χ0v) is 11.7. The lowest BCUT2D eigenvalue weighted by Gasteiger charge is -2.47. The molecule has 1 saturated heterocycles. The van der Waals surface area contributed by atoms with Gasteiger partial charge in [0.15, 0.2) is 0 Å². The molecule has 4 nitrogen and oxygen atoms in total. The predicted octanol–water partition coefficient (Wildman–Crippen LogP) is 3.17. The largest absolute Gasteiger partial charge is 0.490 e. The average molecular weight is 276 g/mol. The van der Waals surface area contributed by atoms with Gasteiger partial charge in [0.1, 0.15) is 11.9 Å². The van der Waals surface area contributed by atoms with Crippen LogP contribution in [0.1, 0.15) is 48.0 Å². The van der Waals surface area contributed by atoms with Gasteiger partial charge in [-0.2, -0.15) is 0 Å². The van der Waals surface area contributed by atoms with E-state index in [0.29, 0.717) is 5.75 Å². The minimum atomic E-state index is -0.919. The summed E-state index contributed by atoms with van der Waals surface area (Å²) in [5.41, 5.74) is 1.29. The third-order valence-corrected chi connectivity index (χ3v) is 4.44. The Hall–Kier alpha value is -1.55. The van der Waals surface area contributed by atoms with Crippen LogP contribution in [0.3, 0.4) is 0 Å². The quantitative estimate of drug-likeness (QED) is 0.921. The highest BCUT2D eigenvalue weighted by atomic mass is 16.5. The van der Waals surface area contributed by atoms with Gasteiger partial charge in [-0.25, -0.2) is 4.79 Å². The van der Waals surface area contributed by atoms with Crippen molar-refractivity contribution >= 4 is 5.97 Å². The molecule has 1 unspecified atom stereocenters. The second-order valence-electron chi connectivity index (χ2n) is 5.90. The molecule has 3 rings (SSSR count). The minimum absolute atomic E-state index is 0.0429. The fraction of sp³-hybridized carbons (Fsp3) is 0.562. The summed E-state index contributed by atoms with van der Waals surface area (Å²) in [7, 11) is 0. The molecule has 1 aromatic rings. The highest BCUT2D eigenvalue weighted by Gasteiger charge is 2.43. The Bertz CT molecular complexity index is 519. The Labute approximate surface area is 118 Å². The summed E-state index contributed by atoms with van der Waals surface area (Å²) in [5.74, 6) is -0.233. The van der Waals surface area contributed by atoms with E-state index in [1.807, 2.05) is 6.92 Å². The first kappa shape index (κ1) is 13.4. The van der Waals surface area contributed by atoms with Crippen molar-refractivity contribution in [1.29, 1.82) is 0 Å². The van der Waals surface area contributed by atoms with Crippen LogP contribution in [0.2, 0.25) is 0 Å². The number of benzene rings is 1. The highest BCUT2D eigenvalue weighted by Crippen LogP contribution is 2.43. The summed E-state index contributed by atoms with van der Waals surface area (Å²) in [4.78, 5) is 11.0. The second-order valence-corrected chi connectivity index (χ2v) is 5.90. The maximum absolute atomic E-state index is 11.0. The summed E-state index contributed by atoms with van der Waals surface area (Å²) in [6.07, 6.45) is 5.41. The van der Waals surface area contributed by atoms with Crippen LogP contribution >= 0.6 is 0 Å². The van der Waals surface area contributed by atoms with E-state index in [1.165, 1.54) is 6.42 Å². The van der Waals surface area contributed by atoms with Crippen molar-refractivity contribution in [3.63, 3.8) is 0 Å². The van der Waals surface area contributed by atoms with Crippen molar-refractivity contribution in [3.05, 3.63) is 29.3 Å². The van der Waals surface area contributed by atoms with Crippen LogP contribution < -0.4 is 4.74 Å². The maximum Gasteiger partial charge on any atom is 0.335 e. The molecule has 1 aromatic carbocycles. The first-order chi connectivity index (χ1) is 9.58. The van der Waals surface area contributed by atoms with Gasteiger partial charge in [0.2, 0.25) is 0 Å². The van der Waals surface area contributed by atoms with E-state index >= 15 is 0 Å². The molecule has 2 fully saturated rings. The molecule has 1 aliphatic heterocycles. The monoisotopic (exact) mass is 276 g/mol. The number of carboxylic acids is 1. The van der Waals surface area contributed by atoms with E-state index in [0.717, 1.165) is 37.9 Å². The maximum atomic E-state index is 11.0. The number of hydrogen-bond acceptors (Lipinski definition) is 3. The normalized spacial score (nSPS) is 24.1. The Morgan fingerprint density at radius 3 is 2.90 bits per heavy atom. The Balaban J connectivity index is 1.73. The summed E-state index contributed by atoms with van der Waals surface area (Å²) in [5, 5.41) is 9.06. The zero-order chi connectivity index (χ0) is 14.2. The van der Waals surface area contributed by atoms with Gasteiger partial charge in [-0.1, -0.05) is 6.07 Å². The SMILES string of the molecule is Cc1ccc(C(=O)O)cc1OC1CCOC2(CCC2)C1. The average Bonchev–Trinajstić information content (AvgIpc) is 2.39. The number of aromatic carboxylic acids is 1. The first-order valence-corrected chi connectivity index (χ1v) is 7.23. The molecule has 0 radical (unpaired) electrons. The molecule has 108 valence electrons. The number of carboxylic acid groups (broad SMARTS) is 1. The number of carbonyl (C=O) groups is 1. The molecule has 0 bridgehead atoms. The summed E-state index contributed by atoms with van der Waals surface area (Å²) in [6, 6.07) is 5.04. The fourth-order valence-electron chi connectivity index (χ4n) is 3.04. The molecule has 1 aliphatic carbocycles. The minimum Gasteiger partial charge on any atom is -0.490 e. The molecule has 1 N–H and O–H groups in total. The van der Waals surface area contributed by atoms with Gasteiger partial charge in [0.25, 0.3) is 0 Å². The van der Waals surface area contributed by atoms with Crippen molar-refractivity contribution in [2.24, 2.45) is 0 Å². The number of ether oxygens (including phenoxy) is 2.